The van der Waals surface area contributed by atoms with Crippen LogP contribution in [0.1, 0.15) is 16.7 Å². The van der Waals surface area contributed by atoms with Crippen molar-refractivity contribution in [1.29, 1.82) is 0 Å². The molecular formula is C23H25N5O5. The molecule has 1 aliphatic rings. The number of aromatic hydroxyl groups is 1. The molecule has 1 fully saturated rings. The number of rotatable bonds is 9. The van der Waals surface area contributed by atoms with Gasteiger partial charge in [0.1, 0.15) is 12.3 Å². The van der Waals surface area contributed by atoms with Crippen molar-refractivity contribution in [2.45, 2.75) is 13.0 Å². The van der Waals surface area contributed by atoms with Crippen LogP contribution in [0.15, 0.2) is 60.2 Å². The molecule has 1 aliphatic heterocycles. The van der Waals surface area contributed by atoms with Crippen LogP contribution in [0.5, 0.6) is 5.75 Å². The Labute approximate surface area is 191 Å². The van der Waals surface area contributed by atoms with Crippen molar-refractivity contribution in [3.63, 3.8) is 0 Å². The summed E-state index contributed by atoms with van der Waals surface area (Å²) in [5, 5.41) is 24.8. The number of nitrogens with zero attached hydrogens (tertiary/aromatic N) is 4. The summed E-state index contributed by atoms with van der Waals surface area (Å²) in [6.45, 7) is 5.12. The summed E-state index contributed by atoms with van der Waals surface area (Å²) in [4.78, 5) is 38.3. The maximum Gasteiger partial charge on any atom is 0.269 e. The topological polar surface area (TPSA) is 128 Å². The predicted octanol–water partition coefficient (Wildman–Crippen LogP) is 1.82. The Kier molecular flexibility index (Phi) is 7.87. The van der Waals surface area contributed by atoms with Gasteiger partial charge in [-0.1, -0.05) is 30.3 Å². The van der Waals surface area contributed by atoms with E-state index in [4.69, 9.17) is 0 Å². The molecule has 1 saturated heterocycles. The monoisotopic (exact) mass is 451 g/mol. The molecule has 1 heterocycles. The molecule has 33 heavy (non-hydrogen) atoms. The molecule has 2 amide bonds. The van der Waals surface area contributed by atoms with E-state index < -0.39 is 10.8 Å². The molecule has 0 aliphatic carbocycles. The van der Waals surface area contributed by atoms with Crippen molar-refractivity contribution >= 4 is 23.7 Å². The third-order valence-electron chi connectivity index (χ3n) is 5.19. The number of nitrogens with one attached hydrogen (secondary N) is 1. The van der Waals surface area contributed by atoms with Crippen LogP contribution < -0.4 is 5.43 Å². The van der Waals surface area contributed by atoms with E-state index in [2.05, 4.69) is 17.1 Å². The number of amides is 2. The van der Waals surface area contributed by atoms with Gasteiger partial charge in [-0.3, -0.25) is 24.6 Å². The number of hydrogen-bond acceptors (Lipinski definition) is 7. The molecule has 2 aromatic carbocycles. The molecule has 172 valence electrons. The van der Waals surface area contributed by atoms with Gasteiger partial charge in [-0.15, -0.1) is 6.58 Å². The van der Waals surface area contributed by atoms with E-state index in [9.17, 15) is 24.8 Å². The lowest BCUT2D eigenvalue weighted by molar-refractivity contribution is -0.384. The molecule has 3 rings (SSSR count). The number of phenols is 1. The molecule has 0 radical (unpaired) electrons. The fourth-order valence-corrected chi connectivity index (χ4v) is 3.46. The van der Waals surface area contributed by atoms with Crippen LogP contribution in [0.25, 0.3) is 0 Å². The lowest BCUT2D eigenvalue weighted by atomic mass is 10.1. The van der Waals surface area contributed by atoms with E-state index in [-0.39, 0.29) is 30.4 Å². The van der Waals surface area contributed by atoms with Crippen molar-refractivity contribution < 1.29 is 19.6 Å². The number of para-hydroxylation sites is 1. The molecule has 2 N–H and O–H groups in total. The second-order valence-electron chi connectivity index (χ2n) is 7.59. The zero-order chi connectivity index (χ0) is 23.8. The first kappa shape index (κ1) is 23.6. The van der Waals surface area contributed by atoms with Gasteiger partial charge in [0.2, 0.25) is 5.91 Å². The molecule has 0 aromatic heterocycles. The summed E-state index contributed by atoms with van der Waals surface area (Å²) in [5.41, 5.74) is 4.44. The number of non-ortho nitro benzene ring substituents is 1. The lowest BCUT2D eigenvalue weighted by Gasteiger charge is -2.33. The summed E-state index contributed by atoms with van der Waals surface area (Å²) in [5.74, 6) is -0.545. The number of nitro groups is 1. The van der Waals surface area contributed by atoms with E-state index in [0.717, 1.165) is 5.56 Å². The quantitative estimate of drug-likeness (QED) is 0.259. The Balaban J connectivity index is 1.47. The molecule has 2 aromatic rings. The molecule has 10 heteroatoms. The van der Waals surface area contributed by atoms with Gasteiger partial charge in [0.15, 0.2) is 0 Å². The van der Waals surface area contributed by atoms with Crippen LogP contribution in [-0.2, 0) is 22.6 Å². The maximum absolute atomic E-state index is 12.4. The average Bonchev–Trinajstić information content (AvgIpc) is 2.78. The number of phenolic OH excluding ortho intramolecular Hbond substituents is 1. The second-order valence-corrected chi connectivity index (χ2v) is 7.59. The summed E-state index contributed by atoms with van der Waals surface area (Å²) in [6.07, 6.45) is 3.54. The molecule has 0 atom stereocenters. The lowest BCUT2D eigenvalue weighted by Crippen LogP contribution is -2.52. The van der Waals surface area contributed by atoms with E-state index in [1.807, 2.05) is 4.90 Å². The van der Waals surface area contributed by atoms with Gasteiger partial charge in [0.25, 0.3) is 11.6 Å². The highest BCUT2D eigenvalue weighted by atomic mass is 16.6. The van der Waals surface area contributed by atoms with Gasteiger partial charge in [-0.05, 0) is 23.6 Å². The second kappa shape index (κ2) is 11.0. The highest BCUT2D eigenvalue weighted by Crippen LogP contribution is 2.21. The SMILES string of the molecule is C=CCc1cccc(/C=N/NC(=O)CN2CCN(Cc3ccc([N+](=O)[O-])cc3)CC2=O)c1O. The summed E-state index contributed by atoms with van der Waals surface area (Å²) in [7, 11) is 0. The number of hydrogen-bond donors (Lipinski definition) is 2. The minimum atomic E-state index is -0.454. The molecule has 10 nitrogen and oxygen atoms in total. The first-order valence-corrected chi connectivity index (χ1v) is 10.3. The van der Waals surface area contributed by atoms with Crippen molar-refractivity contribution in [3.05, 3.63) is 81.9 Å². The third kappa shape index (κ3) is 6.47. The van der Waals surface area contributed by atoms with Gasteiger partial charge in [-0.25, -0.2) is 5.43 Å². The van der Waals surface area contributed by atoms with Gasteiger partial charge >= 0.3 is 0 Å². The number of allylic oxidation sites excluding steroid dienone is 1. The Bertz CT molecular complexity index is 1070. The average molecular weight is 451 g/mol. The van der Waals surface area contributed by atoms with E-state index in [1.54, 1.807) is 36.4 Å². The Morgan fingerprint density at radius 1 is 1.24 bits per heavy atom. The molecule has 0 spiro atoms. The van der Waals surface area contributed by atoms with Crippen molar-refractivity contribution in [2.24, 2.45) is 5.10 Å². The first-order chi connectivity index (χ1) is 15.9. The summed E-state index contributed by atoms with van der Waals surface area (Å²) in [6, 6.07) is 11.4. The standard InChI is InChI=1S/C23H25N5O5/c1-2-4-18-5-3-6-19(23(18)31)13-24-25-21(29)15-27-12-11-26(16-22(27)30)14-17-7-9-20(10-8-17)28(32)33/h2-3,5-10,13,31H,1,4,11-12,14-16H2,(H,25,29)/b24-13+. The van der Waals surface area contributed by atoms with Gasteiger partial charge in [0.05, 0.1) is 17.7 Å². The Morgan fingerprint density at radius 3 is 2.67 bits per heavy atom. The minimum Gasteiger partial charge on any atom is -0.507 e. The number of nitro benzene ring substituents is 1. The fourth-order valence-electron chi connectivity index (χ4n) is 3.46. The predicted molar refractivity (Wildman–Crippen MR) is 123 cm³/mol. The highest BCUT2D eigenvalue weighted by molar-refractivity contribution is 5.88. The zero-order valence-electron chi connectivity index (χ0n) is 18.0. The van der Waals surface area contributed by atoms with Crippen LogP contribution in [0.3, 0.4) is 0 Å². The highest BCUT2D eigenvalue weighted by Gasteiger charge is 2.25. The van der Waals surface area contributed by atoms with Crippen LogP contribution in [0.4, 0.5) is 5.69 Å². The fraction of sp³-hybridized carbons (Fsp3) is 0.261. The van der Waals surface area contributed by atoms with Gasteiger partial charge in [0, 0.05) is 37.3 Å². The van der Waals surface area contributed by atoms with Crippen LogP contribution in [-0.4, -0.2) is 64.0 Å². The smallest absolute Gasteiger partial charge is 0.269 e. The van der Waals surface area contributed by atoms with E-state index in [1.165, 1.54) is 23.2 Å². The Morgan fingerprint density at radius 2 is 2.00 bits per heavy atom. The largest absolute Gasteiger partial charge is 0.507 e. The number of carbonyl (C=O) groups is 2. The van der Waals surface area contributed by atoms with E-state index >= 15 is 0 Å². The number of carbonyl (C=O) groups excluding carboxylic acids is 2. The van der Waals surface area contributed by atoms with Crippen LogP contribution in [0.2, 0.25) is 0 Å². The first-order valence-electron chi connectivity index (χ1n) is 10.3. The normalized spacial score (nSPS) is 14.4. The minimum absolute atomic E-state index is 0.0213. The van der Waals surface area contributed by atoms with Gasteiger partial charge in [-0.2, -0.15) is 5.10 Å². The van der Waals surface area contributed by atoms with Gasteiger partial charge < -0.3 is 10.0 Å². The zero-order valence-corrected chi connectivity index (χ0v) is 18.0. The molecule has 0 bridgehead atoms. The summed E-state index contributed by atoms with van der Waals surface area (Å²) < 4.78 is 0. The molecule has 0 unspecified atom stereocenters. The maximum atomic E-state index is 12.4. The van der Waals surface area contributed by atoms with Crippen LogP contribution in [0, 0.1) is 10.1 Å². The number of hydrazone groups is 1. The van der Waals surface area contributed by atoms with Crippen LogP contribution >= 0.6 is 0 Å². The van der Waals surface area contributed by atoms with Crippen molar-refractivity contribution in [2.75, 3.05) is 26.2 Å². The summed E-state index contributed by atoms with van der Waals surface area (Å²) >= 11 is 0. The molecule has 0 saturated carbocycles. The van der Waals surface area contributed by atoms with Crippen molar-refractivity contribution in [1.82, 2.24) is 15.2 Å². The van der Waals surface area contributed by atoms with Crippen molar-refractivity contribution in [3.8, 4) is 5.75 Å². The van der Waals surface area contributed by atoms with E-state index in [0.29, 0.717) is 37.2 Å². The number of piperazine rings is 1. The molecular weight excluding hydrogens is 426 g/mol. The number of benzene rings is 2. The Hall–Kier alpha value is -4.05. The third-order valence-corrected chi connectivity index (χ3v) is 5.19.